The van der Waals surface area contributed by atoms with Crippen molar-refractivity contribution in [2.75, 3.05) is 17.3 Å². The number of imide groups is 1. The molecular weight excluding hydrogens is 622 g/mol. The van der Waals surface area contributed by atoms with Crippen LogP contribution in [0.4, 0.5) is 28.9 Å². The summed E-state index contributed by atoms with van der Waals surface area (Å²) in [6, 6.07) is 16.0. The summed E-state index contributed by atoms with van der Waals surface area (Å²) in [5.74, 6) is -4.27. The van der Waals surface area contributed by atoms with Crippen molar-refractivity contribution in [2.45, 2.75) is 28.9 Å². The van der Waals surface area contributed by atoms with Gasteiger partial charge in [-0.2, -0.15) is 13.2 Å². The van der Waals surface area contributed by atoms with Crippen molar-refractivity contribution >= 4 is 52.2 Å². The Morgan fingerprint density at radius 1 is 0.955 bits per heavy atom. The number of hydrogen-bond donors (Lipinski definition) is 1. The minimum absolute atomic E-state index is 0.267. The van der Waals surface area contributed by atoms with E-state index in [4.69, 9.17) is 4.74 Å². The molecule has 2 unspecified atom stereocenters. The Morgan fingerprint density at radius 2 is 1.64 bits per heavy atom. The SMILES string of the molecule is COc1ccc([C@H]2c3sc(=O)n(CC(=O)Nc4ccc(F)cc4)c3SC3C(=O)N(c4ccccc4C(F)(F)F)C(=O)C32)cc1. The number of nitrogens with one attached hydrogen (secondary N) is 1. The molecular formula is C30H21F4N3O5S2. The summed E-state index contributed by atoms with van der Waals surface area (Å²) in [5, 5.41) is 1.68. The maximum absolute atomic E-state index is 14.0. The minimum atomic E-state index is -4.83. The average Bonchev–Trinajstić information content (AvgIpc) is 3.44. The Balaban J connectivity index is 1.43. The molecule has 2 aliphatic rings. The Kier molecular flexibility index (Phi) is 7.58. The molecule has 1 aromatic heterocycles. The molecule has 1 N–H and O–H groups in total. The van der Waals surface area contributed by atoms with Gasteiger partial charge in [0.25, 0.3) is 0 Å². The van der Waals surface area contributed by atoms with Crippen molar-refractivity contribution in [2.24, 2.45) is 5.92 Å². The van der Waals surface area contributed by atoms with Gasteiger partial charge in [0.05, 0.1) is 29.3 Å². The Hall–Kier alpha value is -4.43. The smallest absolute Gasteiger partial charge is 0.418 e. The first-order chi connectivity index (χ1) is 21.0. The van der Waals surface area contributed by atoms with Crippen LogP contribution in [0, 0.1) is 11.7 Å². The molecule has 0 spiro atoms. The van der Waals surface area contributed by atoms with Crippen LogP contribution in [0.15, 0.2) is 82.6 Å². The number of aromatic nitrogens is 1. The molecule has 3 aromatic carbocycles. The van der Waals surface area contributed by atoms with E-state index >= 15 is 0 Å². The van der Waals surface area contributed by atoms with Crippen LogP contribution in [0.3, 0.4) is 0 Å². The van der Waals surface area contributed by atoms with Crippen LogP contribution in [-0.4, -0.2) is 34.6 Å². The zero-order valence-corrected chi connectivity index (χ0v) is 24.3. The summed E-state index contributed by atoms with van der Waals surface area (Å²) in [5.41, 5.74) is -0.861. The number of para-hydroxylation sites is 1. The van der Waals surface area contributed by atoms with Gasteiger partial charge in [-0.3, -0.25) is 23.7 Å². The zero-order valence-electron chi connectivity index (χ0n) is 22.6. The van der Waals surface area contributed by atoms with Gasteiger partial charge in [0.2, 0.25) is 17.7 Å². The van der Waals surface area contributed by atoms with Crippen LogP contribution >= 0.6 is 23.1 Å². The Bertz CT molecular complexity index is 1840. The third kappa shape index (κ3) is 5.17. The third-order valence-corrected chi connectivity index (χ3v) is 10.0. The van der Waals surface area contributed by atoms with Crippen LogP contribution in [0.1, 0.15) is 21.9 Å². The lowest BCUT2D eigenvalue weighted by molar-refractivity contribution is -0.137. The number of methoxy groups -OCH3 is 1. The van der Waals surface area contributed by atoms with Gasteiger partial charge < -0.3 is 10.1 Å². The zero-order chi connectivity index (χ0) is 31.3. The number of carbonyl (C=O) groups excluding carboxylic acids is 3. The molecule has 14 heteroatoms. The van der Waals surface area contributed by atoms with Crippen molar-refractivity contribution in [3.8, 4) is 5.75 Å². The number of carbonyl (C=O) groups is 3. The van der Waals surface area contributed by atoms with E-state index in [-0.39, 0.29) is 5.03 Å². The van der Waals surface area contributed by atoms with Gasteiger partial charge in [-0.05, 0) is 54.1 Å². The third-order valence-electron chi connectivity index (χ3n) is 7.40. The fraction of sp³-hybridized carbons (Fsp3) is 0.200. The Morgan fingerprint density at radius 3 is 2.30 bits per heavy atom. The summed E-state index contributed by atoms with van der Waals surface area (Å²) in [7, 11) is 1.47. The van der Waals surface area contributed by atoms with Crippen LogP contribution in [-0.2, 0) is 27.1 Å². The van der Waals surface area contributed by atoms with Gasteiger partial charge in [0.15, 0.2) is 0 Å². The summed E-state index contributed by atoms with van der Waals surface area (Å²) < 4.78 is 61.5. The molecule has 2 aliphatic heterocycles. The van der Waals surface area contributed by atoms with Gasteiger partial charge >= 0.3 is 11.0 Å². The fourth-order valence-corrected chi connectivity index (χ4v) is 8.22. The van der Waals surface area contributed by atoms with Gasteiger partial charge in [0.1, 0.15) is 23.4 Å². The van der Waals surface area contributed by atoms with Gasteiger partial charge in [-0.15, -0.1) is 0 Å². The summed E-state index contributed by atoms with van der Waals surface area (Å²) >= 11 is 1.68. The lowest BCUT2D eigenvalue weighted by atomic mass is 9.83. The molecule has 0 saturated carbocycles. The van der Waals surface area contributed by atoms with Crippen molar-refractivity contribution in [3.05, 3.63) is 104 Å². The van der Waals surface area contributed by atoms with E-state index < -0.39 is 69.5 Å². The maximum atomic E-state index is 14.0. The highest BCUT2D eigenvalue weighted by Gasteiger charge is 2.57. The summed E-state index contributed by atoms with van der Waals surface area (Å²) in [6.07, 6.45) is -4.83. The Labute approximate surface area is 255 Å². The van der Waals surface area contributed by atoms with E-state index in [0.717, 1.165) is 47.4 Å². The molecule has 1 saturated heterocycles. The lowest BCUT2D eigenvalue weighted by Crippen LogP contribution is -2.33. The van der Waals surface area contributed by atoms with Crippen molar-refractivity contribution < 1.29 is 36.7 Å². The number of thiazole rings is 1. The largest absolute Gasteiger partial charge is 0.497 e. The predicted molar refractivity (Wildman–Crippen MR) is 156 cm³/mol. The number of anilines is 2. The van der Waals surface area contributed by atoms with Crippen LogP contribution in [0.5, 0.6) is 5.75 Å². The average molecular weight is 644 g/mol. The molecule has 3 heterocycles. The molecule has 8 nitrogen and oxygen atoms in total. The molecule has 44 heavy (non-hydrogen) atoms. The highest BCUT2D eigenvalue weighted by atomic mass is 32.2. The minimum Gasteiger partial charge on any atom is -0.497 e. The number of rotatable bonds is 6. The van der Waals surface area contributed by atoms with Crippen LogP contribution in [0.25, 0.3) is 0 Å². The first kappa shape index (κ1) is 29.6. The molecule has 0 aliphatic carbocycles. The van der Waals surface area contributed by atoms with E-state index in [1.807, 2.05) is 0 Å². The number of alkyl halides is 3. The molecule has 4 aromatic rings. The van der Waals surface area contributed by atoms with Crippen molar-refractivity contribution in [1.82, 2.24) is 4.57 Å². The second-order valence-electron chi connectivity index (χ2n) is 10.0. The number of halogens is 4. The number of fused-ring (bicyclic) bond motifs is 2. The predicted octanol–water partition coefficient (Wildman–Crippen LogP) is 5.51. The number of benzene rings is 3. The van der Waals surface area contributed by atoms with Crippen LogP contribution < -0.4 is 19.8 Å². The first-order valence-electron chi connectivity index (χ1n) is 13.1. The quantitative estimate of drug-likeness (QED) is 0.220. The molecule has 0 bridgehead atoms. The lowest BCUT2D eigenvalue weighted by Gasteiger charge is -2.30. The standard InChI is InChI=1S/C30H21F4N3O5S2/c1-42-18-12-6-15(7-13-18)22-23-24(27(40)37(26(23)39)20-5-3-2-4-19(20)30(32,33)34)43-28-25(22)44-29(41)36(28)14-21(38)35-17-10-8-16(31)9-11-17/h2-13,22-24H,14H2,1H3,(H,35,38)/t22-,23?,24?/m1/s1. The van der Waals surface area contributed by atoms with E-state index in [1.165, 1.54) is 35.9 Å². The number of thioether (sulfide) groups is 1. The number of ether oxygens (including phenoxy) is 1. The first-order valence-corrected chi connectivity index (χ1v) is 14.8. The van der Waals surface area contributed by atoms with E-state index in [2.05, 4.69) is 5.32 Å². The topological polar surface area (TPSA) is 97.7 Å². The molecule has 3 amide bonds. The molecule has 1 fully saturated rings. The second kappa shape index (κ2) is 11.2. The van der Waals surface area contributed by atoms with Crippen molar-refractivity contribution in [3.63, 3.8) is 0 Å². The van der Waals surface area contributed by atoms with Gasteiger partial charge in [0, 0.05) is 16.5 Å². The summed E-state index contributed by atoms with van der Waals surface area (Å²) in [4.78, 5) is 54.4. The highest BCUT2D eigenvalue weighted by molar-refractivity contribution is 8.00. The van der Waals surface area contributed by atoms with Crippen LogP contribution in [0.2, 0.25) is 0 Å². The number of hydrogen-bond acceptors (Lipinski definition) is 7. The normalized spacial score (nSPS) is 19.5. The number of amides is 3. The van der Waals surface area contributed by atoms with Gasteiger partial charge in [-0.25, -0.2) is 9.29 Å². The van der Waals surface area contributed by atoms with E-state index in [1.54, 1.807) is 24.3 Å². The molecule has 6 rings (SSSR count). The van der Waals surface area contributed by atoms with E-state index in [0.29, 0.717) is 26.8 Å². The van der Waals surface area contributed by atoms with Crippen molar-refractivity contribution in [1.29, 1.82) is 0 Å². The molecule has 226 valence electrons. The highest BCUT2D eigenvalue weighted by Crippen LogP contribution is 2.54. The number of nitrogens with zero attached hydrogens (tertiary/aromatic N) is 2. The monoisotopic (exact) mass is 643 g/mol. The second-order valence-corrected chi connectivity index (χ2v) is 12.1. The van der Waals surface area contributed by atoms with Gasteiger partial charge in [-0.1, -0.05) is 47.4 Å². The molecule has 0 radical (unpaired) electrons. The van der Waals surface area contributed by atoms with E-state index in [9.17, 15) is 36.7 Å². The summed E-state index contributed by atoms with van der Waals surface area (Å²) in [6.45, 7) is -0.454. The maximum Gasteiger partial charge on any atom is 0.418 e. The molecule has 3 atom stereocenters. The fourth-order valence-electron chi connectivity index (χ4n) is 5.45.